The van der Waals surface area contributed by atoms with Gasteiger partial charge in [0, 0.05) is 44.4 Å². The Hall–Kier alpha value is -3.10. The van der Waals surface area contributed by atoms with Crippen LogP contribution in [0.2, 0.25) is 16.6 Å². The van der Waals surface area contributed by atoms with Gasteiger partial charge in [-0.3, -0.25) is 14.4 Å². The molecule has 1 aromatic rings. The second kappa shape index (κ2) is 15.0. The Morgan fingerprint density at radius 3 is 1.89 bits per heavy atom. The molecule has 4 aliphatic rings. The Balaban J connectivity index is 1.93. The van der Waals surface area contributed by atoms with E-state index in [0.717, 1.165) is 0 Å². The lowest BCUT2D eigenvalue weighted by Crippen LogP contribution is -2.83. The second-order valence-corrected chi connectivity index (χ2v) is 23.4. The van der Waals surface area contributed by atoms with Gasteiger partial charge in [0.2, 0.25) is 8.32 Å². The van der Waals surface area contributed by atoms with E-state index in [0.29, 0.717) is 11.1 Å². The fraction of sp³-hybridized carbons (Fsp3) is 0.714. The van der Waals surface area contributed by atoms with E-state index in [9.17, 15) is 29.4 Å². The number of fused-ring (bicyclic) bond motifs is 5. The first-order valence-corrected chi connectivity index (χ1v) is 21.8. The summed E-state index contributed by atoms with van der Waals surface area (Å²) in [4.78, 5) is 53.4. The summed E-state index contributed by atoms with van der Waals surface area (Å²) in [5.74, 6) is -3.90. The highest BCUT2D eigenvalue weighted by atomic mass is 28.4. The first kappa shape index (κ1) is 43.0. The van der Waals surface area contributed by atoms with Crippen LogP contribution in [0, 0.1) is 16.7 Å². The molecule has 3 fully saturated rings. The number of aliphatic hydroxyl groups is 2. The molecule has 0 spiro atoms. The number of benzene rings is 1. The summed E-state index contributed by atoms with van der Waals surface area (Å²) in [6, 6.07) is 8.35. The highest BCUT2D eigenvalue weighted by molar-refractivity contribution is 6.77. The third-order valence-corrected chi connectivity index (χ3v) is 19.9. The maximum atomic E-state index is 14.4. The summed E-state index contributed by atoms with van der Waals surface area (Å²) in [7, 11) is -2.78. The molecule has 0 aromatic heterocycles. The van der Waals surface area contributed by atoms with Crippen LogP contribution in [0.5, 0.6) is 0 Å². The van der Waals surface area contributed by atoms with Crippen molar-refractivity contribution < 1.29 is 57.5 Å². The van der Waals surface area contributed by atoms with Crippen LogP contribution in [0.1, 0.15) is 113 Å². The first-order chi connectivity index (χ1) is 25.4. The lowest BCUT2D eigenvalue weighted by molar-refractivity contribution is -0.363. The zero-order chi connectivity index (χ0) is 41.2. The number of esters is 4. The van der Waals surface area contributed by atoms with Crippen LogP contribution in [-0.2, 0) is 42.5 Å². The van der Waals surface area contributed by atoms with Gasteiger partial charge in [-0.05, 0) is 46.8 Å². The van der Waals surface area contributed by atoms with Crippen LogP contribution < -0.4 is 0 Å². The summed E-state index contributed by atoms with van der Waals surface area (Å²) in [6.45, 7) is 23.6. The average Bonchev–Trinajstić information content (AvgIpc) is 3.06. The van der Waals surface area contributed by atoms with Gasteiger partial charge in [0.1, 0.15) is 30.0 Å². The van der Waals surface area contributed by atoms with Crippen LogP contribution in [0.25, 0.3) is 0 Å². The summed E-state index contributed by atoms with van der Waals surface area (Å²) in [5, 5.41) is 27.0. The number of hydrogen-bond acceptors (Lipinski definition) is 12. The van der Waals surface area contributed by atoms with Gasteiger partial charge in [0.15, 0.2) is 11.7 Å². The van der Waals surface area contributed by atoms with Gasteiger partial charge in [0.05, 0.1) is 24.2 Å². The molecule has 1 saturated heterocycles. The van der Waals surface area contributed by atoms with E-state index in [2.05, 4.69) is 41.5 Å². The number of carbonyl (C=O) groups excluding carboxylic acids is 4. The maximum Gasteiger partial charge on any atom is 0.338 e. The molecule has 1 aliphatic heterocycles. The molecule has 55 heavy (non-hydrogen) atoms. The molecule has 2 saturated carbocycles. The normalized spacial score (nSPS) is 35.5. The van der Waals surface area contributed by atoms with E-state index < -0.39 is 96.8 Å². The monoisotopic (exact) mass is 786 g/mol. The van der Waals surface area contributed by atoms with Crippen molar-refractivity contribution in [2.24, 2.45) is 16.7 Å². The molecular formula is C42H62O12Si. The van der Waals surface area contributed by atoms with E-state index in [4.69, 9.17) is 28.1 Å². The summed E-state index contributed by atoms with van der Waals surface area (Å²) >= 11 is 0. The highest BCUT2D eigenvalue weighted by Gasteiger charge is 2.79. The quantitative estimate of drug-likeness (QED) is 0.119. The molecule has 12 nitrogen and oxygen atoms in total. The third-order valence-electron chi connectivity index (χ3n) is 13.7. The molecule has 2 bridgehead atoms. The predicted octanol–water partition coefficient (Wildman–Crippen LogP) is 6.22. The van der Waals surface area contributed by atoms with Crippen LogP contribution in [0.3, 0.4) is 0 Å². The van der Waals surface area contributed by atoms with Gasteiger partial charge in [0.25, 0.3) is 0 Å². The molecule has 0 amide bonds. The SMILES string of the molecule is CC(=O)O[C@H]1C[C@@]2(O)[C@@H](OC(=O)c3ccccc3)[C@@H]3[C@]4(OC(C)=O)CO[C@@H]4C[C@H](O[Si](C(C)C)(C(C)C)C(C)C)[C@@]3(C)[C@@H](O)[C@H](OC(C)=O)C(=C1C)C2(C)C. The molecular weight excluding hydrogens is 725 g/mol. The average molecular weight is 787 g/mol. The summed E-state index contributed by atoms with van der Waals surface area (Å²) < 4.78 is 38.9. The van der Waals surface area contributed by atoms with Crippen LogP contribution in [0.15, 0.2) is 41.5 Å². The smallest absolute Gasteiger partial charge is 0.338 e. The zero-order valence-corrected chi connectivity index (χ0v) is 35.8. The largest absolute Gasteiger partial charge is 0.458 e. The number of carbonyl (C=O) groups is 4. The van der Waals surface area contributed by atoms with Crippen molar-refractivity contribution in [3.8, 4) is 0 Å². The van der Waals surface area contributed by atoms with Crippen molar-refractivity contribution in [1.82, 2.24) is 0 Å². The van der Waals surface area contributed by atoms with Gasteiger partial charge in [-0.2, -0.15) is 0 Å². The minimum atomic E-state index is -2.78. The van der Waals surface area contributed by atoms with E-state index >= 15 is 0 Å². The number of hydrogen-bond donors (Lipinski definition) is 2. The van der Waals surface area contributed by atoms with E-state index in [-0.39, 0.29) is 41.6 Å². The molecule has 1 aromatic carbocycles. The van der Waals surface area contributed by atoms with Crippen molar-refractivity contribution in [1.29, 1.82) is 0 Å². The molecule has 2 N–H and O–H groups in total. The number of rotatable bonds is 10. The molecule has 0 unspecified atom stereocenters. The van der Waals surface area contributed by atoms with Crippen molar-refractivity contribution in [3.63, 3.8) is 0 Å². The maximum absolute atomic E-state index is 14.4. The first-order valence-electron chi connectivity index (χ1n) is 19.6. The lowest BCUT2D eigenvalue weighted by Gasteiger charge is -2.70. The fourth-order valence-corrected chi connectivity index (χ4v) is 16.9. The van der Waals surface area contributed by atoms with E-state index in [1.807, 2.05) is 6.92 Å². The summed E-state index contributed by atoms with van der Waals surface area (Å²) in [5.41, 5.74) is -5.16. The Morgan fingerprint density at radius 2 is 1.42 bits per heavy atom. The standard InChI is InChI=1S/C42H62O12Si/c1-22(2)55(23(3)4,24(5)6)54-31-19-32-41(21-49-32,53-28(10)45)35-37(52-38(47)29-17-15-14-16-18-29)42(48)20-30(50-26(8)43)25(7)33(39(42,11)12)34(51-27(9)44)36(46)40(31,35)13/h14-18,22-24,30-32,34-37,46,48H,19-21H2,1-13H3/t30-,31-,32+,34+,35-,36-,37-,40+,41-,42+/m0/s1. The highest BCUT2D eigenvalue weighted by Crippen LogP contribution is 2.66. The zero-order valence-electron chi connectivity index (χ0n) is 34.8. The topological polar surface area (TPSA) is 164 Å². The summed E-state index contributed by atoms with van der Waals surface area (Å²) in [6.07, 6.45) is -7.19. The Kier molecular flexibility index (Phi) is 11.7. The Bertz CT molecular complexity index is 1670. The minimum absolute atomic E-state index is 0.121. The van der Waals surface area contributed by atoms with E-state index in [1.54, 1.807) is 51.1 Å². The van der Waals surface area contributed by atoms with Crippen molar-refractivity contribution in [2.75, 3.05) is 6.61 Å². The van der Waals surface area contributed by atoms with Crippen molar-refractivity contribution in [3.05, 3.63) is 47.0 Å². The van der Waals surface area contributed by atoms with Crippen LogP contribution in [0.4, 0.5) is 0 Å². The van der Waals surface area contributed by atoms with Crippen LogP contribution in [-0.4, -0.2) is 96.8 Å². The van der Waals surface area contributed by atoms with Crippen LogP contribution >= 0.6 is 0 Å². The van der Waals surface area contributed by atoms with Gasteiger partial charge in [-0.15, -0.1) is 0 Å². The molecule has 13 heteroatoms. The molecule has 1 heterocycles. The van der Waals surface area contributed by atoms with Gasteiger partial charge in [-0.25, -0.2) is 4.79 Å². The Morgan fingerprint density at radius 1 is 0.855 bits per heavy atom. The third kappa shape index (κ3) is 6.69. The number of aliphatic hydroxyl groups excluding tert-OH is 1. The lowest BCUT2D eigenvalue weighted by atomic mass is 9.44. The molecule has 0 radical (unpaired) electrons. The molecule has 306 valence electrons. The fourth-order valence-electron chi connectivity index (χ4n) is 11.3. The molecule has 3 aliphatic carbocycles. The van der Waals surface area contributed by atoms with E-state index in [1.165, 1.54) is 20.8 Å². The van der Waals surface area contributed by atoms with Gasteiger partial charge in [-0.1, -0.05) is 80.5 Å². The molecule has 5 rings (SSSR count). The Labute approximate surface area is 326 Å². The van der Waals surface area contributed by atoms with Gasteiger partial charge < -0.3 is 38.3 Å². The van der Waals surface area contributed by atoms with Crippen molar-refractivity contribution >= 4 is 32.2 Å². The van der Waals surface area contributed by atoms with Gasteiger partial charge >= 0.3 is 23.9 Å². The number of ether oxygens (including phenoxy) is 5. The van der Waals surface area contributed by atoms with Crippen molar-refractivity contribution in [2.45, 2.75) is 167 Å². The minimum Gasteiger partial charge on any atom is -0.458 e. The second-order valence-electron chi connectivity index (χ2n) is 18.0. The molecule has 10 atom stereocenters. The predicted molar refractivity (Wildman–Crippen MR) is 205 cm³/mol.